The molecule has 0 aliphatic rings. The summed E-state index contributed by atoms with van der Waals surface area (Å²) in [6.45, 7) is 0. The van der Waals surface area contributed by atoms with Crippen LogP contribution in [-0.2, 0) is 0 Å². The molecule has 2 aromatic carbocycles. The lowest BCUT2D eigenvalue weighted by Crippen LogP contribution is -2.17. The number of aromatic amines is 1. The molecule has 2 N–H and O–H groups in total. The standard InChI is InChI=1S/C19H17N3O5/c1-25-13-4-6-14(7-5-13)27-17-11-12(3-9-16(17)26-2)20-19(24)15-8-10-18(23)22-21-15/h3-11H,1-2H3,(H,20,24)(H,22,23). The van der Waals surface area contributed by atoms with Gasteiger partial charge in [0.1, 0.15) is 17.2 Å². The molecule has 138 valence electrons. The average Bonchev–Trinajstić information content (AvgIpc) is 2.69. The lowest BCUT2D eigenvalue weighted by Gasteiger charge is -2.13. The first-order valence-electron chi connectivity index (χ1n) is 7.96. The van der Waals surface area contributed by atoms with Gasteiger partial charge in [0.15, 0.2) is 11.5 Å². The Labute approximate surface area is 154 Å². The number of aromatic nitrogens is 2. The van der Waals surface area contributed by atoms with E-state index in [9.17, 15) is 9.59 Å². The van der Waals surface area contributed by atoms with Crippen LogP contribution in [0.15, 0.2) is 59.4 Å². The number of anilines is 1. The SMILES string of the molecule is COc1ccc(Oc2cc(NC(=O)c3ccc(=O)[nH]n3)ccc2OC)cc1. The molecule has 1 amide bonds. The van der Waals surface area contributed by atoms with Crippen molar-refractivity contribution in [3.8, 4) is 23.0 Å². The summed E-state index contributed by atoms with van der Waals surface area (Å²) < 4.78 is 16.3. The van der Waals surface area contributed by atoms with Gasteiger partial charge < -0.3 is 19.5 Å². The van der Waals surface area contributed by atoms with E-state index in [2.05, 4.69) is 15.5 Å². The minimum absolute atomic E-state index is 0.0861. The second kappa shape index (κ2) is 8.05. The van der Waals surface area contributed by atoms with Crippen molar-refractivity contribution >= 4 is 11.6 Å². The molecule has 3 aromatic rings. The molecule has 3 rings (SSSR count). The van der Waals surface area contributed by atoms with Gasteiger partial charge in [-0.25, -0.2) is 5.10 Å². The summed E-state index contributed by atoms with van der Waals surface area (Å²) in [5.74, 6) is 1.76. The quantitative estimate of drug-likeness (QED) is 0.694. The zero-order valence-electron chi connectivity index (χ0n) is 14.7. The summed E-state index contributed by atoms with van der Waals surface area (Å²) in [5.41, 5.74) is 0.187. The number of amides is 1. The van der Waals surface area contributed by atoms with Crippen molar-refractivity contribution in [2.75, 3.05) is 19.5 Å². The second-order valence-corrected chi connectivity index (χ2v) is 5.40. The fourth-order valence-corrected chi connectivity index (χ4v) is 2.27. The smallest absolute Gasteiger partial charge is 0.276 e. The zero-order valence-corrected chi connectivity index (χ0v) is 14.7. The number of ether oxygens (including phenoxy) is 3. The fraction of sp³-hybridized carbons (Fsp3) is 0.105. The predicted molar refractivity (Wildman–Crippen MR) is 98.9 cm³/mol. The van der Waals surface area contributed by atoms with Crippen LogP contribution in [-0.4, -0.2) is 30.3 Å². The average molecular weight is 367 g/mol. The van der Waals surface area contributed by atoms with Crippen LogP contribution in [0, 0.1) is 0 Å². The first-order valence-corrected chi connectivity index (χ1v) is 7.96. The van der Waals surface area contributed by atoms with E-state index in [1.54, 1.807) is 49.6 Å². The van der Waals surface area contributed by atoms with E-state index in [-0.39, 0.29) is 11.3 Å². The van der Waals surface area contributed by atoms with E-state index >= 15 is 0 Å². The number of hydrogen-bond donors (Lipinski definition) is 2. The van der Waals surface area contributed by atoms with E-state index in [0.717, 1.165) is 0 Å². The highest BCUT2D eigenvalue weighted by Gasteiger charge is 2.12. The van der Waals surface area contributed by atoms with Crippen LogP contribution in [0.3, 0.4) is 0 Å². The van der Waals surface area contributed by atoms with Crippen LogP contribution in [0.4, 0.5) is 5.69 Å². The molecule has 0 saturated carbocycles. The Morgan fingerprint density at radius 1 is 0.926 bits per heavy atom. The molecular weight excluding hydrogens is 350 g/mol. The van der Waals surface area contributed by atoms with E-state index < -0.39 is 5.91 Å². The Hall–Kier alpha value is -3.81. The molecular formula is C19H17N3O5. The Kier molecular flexibility index (Phi) is 5.36. The minimum atomic E-state index is -0.466. The molecule has 0 radical (unpaired) electrons. The number of carbonyl (C=O) groups is 1. The van der Waals surface area contributed by atoms with E-state index in [0.29, 0.717) is 28.7 Å². The van der Waals surface area contributed by atoms with Crippen LogP contribution in [0.5, 0.6) is 23.0 Å². The largest absolute Gasteiger partial charge is 0.497 e. The summed E-state index contributed by atoms with van der Waals surface area (Å²) in [5, 5.41) is 8.61. The van der Waals surface area contributed by atoms with Gasteiger partial charge >= 0.3 is 0 Å². The number of carbonyl (C=O) groups excluding carboxylic acids is 1. The lowest BCUT2D eigenvalue weighted by molar-refractivity contribution is 0.102. The highest BCUT2D eigenvalue weighted by atomic mass is 16.5. The van der Waals surface area contributed by atoms with Crippen molar-refractivity contribution in [1.82, 2.24) is 10.2 Å². The zero-order chi connectivity index (χ0) is 19.2. The molecule has 8 heteroatoms. The Morgan fingerprint density at radius 2 is 1.67 bits per heavy atom. The Morgan fingerprint density at radius 3 is 2.30 bits per heavy atom. The molecule has 1 heterocycles. The number of methoxy groups -OCH3 is 2. The highest BCUT2D eigenvalue weighted by Crippen LogP contribution is 2.34. The van der Waals surface area contributed by atoms with Crippen LogP contribution in [0.25, 0.3) is 0 Å². The molecule has 0 aliphatic carbocycles. The van der Waals surface area contributed by atoms with Gasteiger partial charge in [-0.15, -0.1) is 0 Å². The summed E-state index contributed by atoms with van der Waals surface area (Å²) in [6.07, 6.45) is 0. The van der Waals surface area contributed by atoms with Gasteiger partial charge in [0, 0.05) is 17.8 Å². The maximum Gasteiger partial charge on any atom is 0.276 e. The minimum Gasteiger partial charge on any atom is -0.497 e. The molecule has 0 aliphatic heterocycles. The van der Waals surface area contributed by atoms with Gasteiger partial charge in [-0.05, 0) is 42.5 Å². The van der Waals surface area contributed by atoms with Crippen molar-refractivity contribution < 1.29 is 19.0 Å². The van der Waals surface area contributed by atoms with Gasteiger partial charge in [-0.3, -0.25) is 9.59 Å². The first-order chi connectivity index (χ1) is 13.1. The molecule has 27 heavy (non-hydrogen) atoms. The van der Waals surface area contributed by atoms with Crippen molar-refractivity contribution in [3.63, 3.8) is 0 Å². The normalized spacial score (nSPS) is 10.1. The molecule has 0 bridgehead atoms. The molecule has 0 saturated heterocycles. The third-order valence-corrected chi connectivity index (χ3v) is 3.62. The third-order valence-electron chi connectivity index (χ3n) is 3.62. The summed E-state index contributed by atoms with van der Waals surface area (Å²) in [7, 11) is 3.11. The number of hydrogen-bond acceptors (Lipinski definition) is 6. The Balaban J connectivity index is 1.80. The predicted octanol–water partition coefficient (Wildman–Crippen LogP) is 2.83. The monoisotopic (exact) mass is 367 g/mol. The van der Waals surface area contributed by atoms with Crippen LogP contribution < -0.4 is 25.1 Å². The molecule has 8 nitrogen and oxygen atoms in total. The van der Waals surface area contributed by atoms with Crippen molar-refractivity contribution in [2.24, 2.45) is 0 Å². The van der Waals surface area contributed by atoms with Gasteiger partial charge in [0.05, 0.1) is 14.2 Å². The van der Waals surface area contributed by atoms with E-state index in [4.69, 9.17) is 14.2 Å². The molecule has 0 spiro atoms. The Bertz CT molecular complexity index is 978. The molecule has 0 fully saturated rings. The van der Waals surface area contributed by atoms with E-state index in [1.807, 2.05) is 0 Å². The molecule has 0 unspecified atom stereocenters. The van der Waals surface area contributed by atoms with Crippen molar-refractivity contribution in [2.45, 2.75) is 0 Å². The highest BCUT2D eigenvalue weighted by molar-refractivity contribution is 6.02. The van der Waals surface area contributed by atoms with Crippen LogP contribution in [0.2, 0.25) is 0 Å². The first kappa shape index (κ1) is 18.0. The number of nitrogens with zero attached hydrogens (tertiary/aromatic N) is 1. The van der Waals surface area contributed by atoms with Gasteiger partial charge in [0.2, 0.25) is 0 Å². The van der Waals surface area contributed by atoms with E-state index in [1.165, 1.54) is 19.2 Å². The van der Waals surface area contributed by atoms with Crippen LogP contribution >= 0.6 is 0 Å². The number of rotatable bonds is 6. The second-order valence-electron chi connectivity index (χ2n) is 5.40. The fourth-order valence-electron chi connectivity index (χ4n) is 2.27. The number of H-pyrrole nitrogens is 1. The third kappa shape index (κ3) is 4.43. The number of benzene rings is 2. The van der Waals surface area contributed by atoms with Crippen molar-refractivity contribution in [1.29, 1.82) is 0 Å². The van der Waals surface area contributed by atoms with Crippen molar-refractivity contribution in [3.05, 3.63) is 70.6 Å². The maximum absolute atomic E-state index is 12.2. The number of nitrogens with one attached hydrogen (secondary N) is 2. The summed E-state index contributed by atoms with van der Waals surface area (Å²) in [4.78, 5) is 23.3. The van der Waals surface area contributed by atoms with Gasteiger partial charge in [-0.2, -0.15) is 5.10 Å². The summed E-state index contributed by atoms with van der Waals surface area (Å²) in [6, 6.07) is 14.6. The van der Waals surface area contributed by atoms with Gasteiger partial charge in [0.25, 0.3) is 11.5 Å². The van der Waals surface area contributed by atoms with Crippen LogP contribution in [0.1, 0.15) is 10.5 Å². The topological polar surface area (TPSA) is 103 Å². The molecule has 0 atom stereocenters. The maximum atomic E-state index is 12.2. The summed E-state index contributed by atoms with van der Waals surface area (Å²) >= 11 is 0. The molecule has 1 aromatic heterocycles. The lowest BCUT2D eigenvalue weighted by atomic mass is 10.2. The van der Waals surface area contributed by atoms with Gasteiger partial charge in [-0.1, -0.05) is 0 Å².